The van der Waals surface area contributed by atoms with E-state index in [0.717, 1.165) is 15.5 Å². The molecular weight excluding hydrogens is 320 g/mol. The number of aromatic nitrogens is 2. The van der Waals surface area contributed by atoms with Crippen LogP contribution in [0.2, 0.25) is 0 Å². The number of halogens is 1. The lowest BCUT2D eigenvalue weighted by Gasteiger charge is -2.01. The van der Waals surface area contributed by atoms with Crippen molar-refractivity contribution in [2.75, 3.05) is 5.73 Å². The molecule has 0 fully saturated rings. The van der Waals surface area contributed by atoms with E-state index in [2.05, 4.69) is 26.0 Å². The molecule has 0 amide bonds. The van der Waals surface area contributed by atoms with Gasteiger partial charge in [0.15, 0.2) is 0 Å². The Bertz CT molecular complexity index is 810. The van der Waals surface area contributed by atoms with Crippen LogP contribution >= 0.6 is 15.9 Å². The summed E-state index contributed by atoms with van der Waals surface area (Å²) in [5, 5.41) is 14.1. The van der Waals surface area contributed by atoms with Crippen LogP contribution in [0, 0.1) is 0 Å². The van der Waals surface area contributed by atoms with Crippen molar-refractivity contribution in [3.63, 3.8) is 0 Å². The number of phenolic OH excluding ortho intramolecular Hbond substituents is 1. The molecule has 3 rings (SSSR count). The molecule has 0 radical (unpaired) electrons. The molecule has 0 spiro atoms. The molecule has 6 heteroatoms. The van der Waals surface area contributed by atoms with Gasteiger partial charge in [-0.1, -0.05) is 28.1 Å². The maximum atomic E-state index is 9.78. The molecule has 0 aliphatic heterocycles. The SMILES string of the molecule is Nc1nc2ccccc2n1N=Cc1cc(Br)ccc1O. The number of nitrogen functional groups attached to an aromatic ring is 1. The van der Waals surface area contributed by atoms with Crippen LogP contribution in [-0.4, -0.2) is 21.0 Å². The molecule has 5 nitrogen and oxygen atoms in total. The van der Waals surface area contributed by atoms with Gasteiger partial charge < -0.3 is 10.8 Å². The third-order valence-electron chi connectivity index (χ3n) is 2.86. The predicted octanol–water partition coefficient (Wildman–Crippen LogP) is 2.97. The van der Waals surface area contributed by atoms with Gasteiger partial charge in [-0.15, -0.1) is 0 Å². The number of nitrogens with two attached hydrogens (primary N) is 1. The highest BCUT2D eigenvalue weighted by Crippen LogP contribution is 2.21. The van der Waals surface area contributed by atoms with Gasteiger partial charge in [0.05, 0.1) is 17.2 Å². The Labute approximate surface area is 123 Å². The number of fused-ring (bicyclic) bond motifs is 1. The summed E-state index contributed by atoms with van der Waals surface area (Å²) in [6, 6.07) is 12.7. The highest BCUT2D eigenvalue weighted by Gasteiger charge is 2.06. The van der Waals surface area contributed by atoms with Gasteiger partial charge >= 0.3 is 0 Å². The Kier molecular flexibility index (Phi) is 3.15. The summed E-state index contributed by atoms with van der Waals surface area (Å²) in [7, 11) is 0. The largest absolute Gasteiger partial charge is 0.507 e. The molecule has 0 saturated heterocycles. The topological polar surface area (TPSA) is 76.4 Å². The summed E-state index contributed by atoms with van der Waals surface area (Å²) in [5.41, 5.74) is 8.04. The average molecular weight is 331 g/mol. The zero-order valence-electron chi connectivity index (χ0n) is 10.4. The van der Waals surface area contributed by atoms with Crippen LogP contribution < -0.4 is 5.73 Å². The first-order valence-electron chi connectivity index (χ1n) is 5.91. The Hall–Kier alpha value is -2.34. The average Bonchev–Trinajstić information content (AvgIpc) is 2.75. The molecule has 100 valence electrons. The third-order valence-corrected chi connectivity index (χ3v) is 3.36. The fourth-order valence-corrected chi connectivity index (χ4v) is 2.28. The van der Waals surface area contributed by atoms with E-state index in [9.17, 15) is 5.11 Å². The van der Waals surface area contributed by atoms with Gasteiger partial charge in [-0.05, 0) is 30.3 Å². The molecule has 0 bridgehead atoms. The first-order chi connectivity index (χ1) is 9.65. The zero-order valence-corrected chi connectivity index (χ0v) is 11.9. The van der Waals surface area contributed by atoms with Crippen molar-refractivity contribution >= 4 is 39.1 Å². The molecule has 3 aromatic rings. The summed E-state index contributed by atoms with van der Waals surface area (Å²) in [4.78, 5) is 4.22. The molecule has 1 heterocycles. The normalized spacial score (nSPS) is 11.4. The van der Waals surface area contributed by atoms with Crippen molar-refractivity contribution in [3.8, 4) is 5.75 Å². The molecule has 2 aromatic carbocycles. The van der Waals surface area contributed by atoms with Crippen molar-refractivity contribution in [3.05, 3.63) is 52.5 Å². The predicted molar refractivity (Wildman–Crippen MR) is 82.9 cm³/mol. The summed E-state index contributed by atoms with van der Waals surface area (Å²) < 4.78 is 2.40. The maximum absolute atomic E-state index is 9.78. The van der Waals surface area contributed by atoms with Crippen LogP contribution in [-0.2, 0) is 0 Å². The minimum Gasteiger partial charge on any atom is -0.507 e. The van der Waals surface area contributed by atoms with E-state index in [1.807, 2.05) is 24.3 Å². The summed E-state index contributed by atoms with van der Waals surface area (Å²) in [5.74, 6) is 0.455. The number of hydrogen-bond acceptors (Lipinski definition) is 4. The number of anilines is 1. The molecule has 1 aromatic heterocycles. The molecule has 0 saturated carbocycles. The van der Waals surface area contributed by atoms with Gasteiger partial charge in [-0.25, -0.2) is 4.98 Å². The molecule has 0 unspecified atom stereocenters. The minimum absolute atomic E-state index is 0.153. The first-order valence-corrected chi connectivity index (χ1v) is 6.70. The smallest absolute Gasteiger partial charge is 0.222 e. The van der Waals surface area contributed by atoms with E-state index in [-0.39, 0.29) is 5.75 Å². The van der Waals surface area contributed by atoms with Crippen molar-refractivity contribution in [1.29, 1.82) is 0 Å². The fraction of sp³-hybridized carbons (Fsp3) is 0. The highest BCUT2D eigenvalue weighted by atomic mass is 79.9. The third kappa shape index (κ3) is 2.25. The Morgan fingerprint density at radius 1 is 1.25 bits per heavy atom. The minimum atomic E-state index is 0.153. The van der Waals surface area contributed by atoms with Gasteiger partial charge in [0.25, 0.3) is 0 Å². The summed E-state index contributed by atoms with van der Waals surface area (Å²) in [6.45, 7) is 0. The van der Waals surface area contributed by atoms with E-state index in [1.165, 1.54) is 4.68 Å². The number of aromatic hydroxyl groups is 1. The van der Waals surface area contributed by atoms with Gasteiger partial charge in [-0.2, -0.15) is 9.78 Å². The Balaban J connectivity index is 2.06. The lowest BCUT2D eigenvalue weighted by Crippen LogP contribution is -1.98. The lowest BCUT2D eigenvalue weighted by atomic mass is 10.2. The van der Waals surface area contributed by atoms with E-state index in [4.69, 9.17) is 5.73 Å². The maximum Gasteiger partial charge on any atom is 0.222 e. The van der Waals surface area contributed by atoms with Crippen LogP contribution in [0.3, 0.4) is 0 Å². The molecule has 0 aliphatic rings. The zero-order chi connectivity index (χ0) is 14.1. The molecule has 0 aliphatic carbocycles. The van der Waals surface area contributed by atoms with E-state index >= 15 is 0 Å². The number of nitrogens with zero attached hydrogens (tertiary/aromatic N) is 3. The molecule has 20 heavy (non-hydrogen) atoms. The summed E-state index contributed by atoms with van der Waals surface area (Å²) in [6.07, 6.45) is 1.55. The second kappa shape index (κ2) is 4.97. The number of rotatable bonds is 2. The van der Waals surface area contributed by atoms with Crippen LogP contribution in [0.4, 0.5) is 5.95 Å². The number of imidazole rings is 1. The highest BCUT2D eigenvalue weighted by molar-refractivity contribution is 9.10. The van der Waals surface area contributed by atoms with E-state index < -0.39 is 0 Å². The fourth-order valence-electron chi connectivity index (χ4n) is 1.90. The Morgan fingerprint density at radius 3 is 2.90 bits per heavy atom. The van der Waals surface area contributed by atoms with Crippen LogP contribution in [0.15, 0.2) is 52.0 Å². The number of phenols is 1. The first kappa shape index (κ1) is 12.7. The van der Waals surface area contributed by atoms with E-state index in [0.29, 0.717) is 11.5 Å². The second-order valence-corrected chi connectivity index (χ2v) is 5.13. The van der Waals surface area contributed by atoms with Crippen molar-refractivity contribution < 1.29 is 5.11 Å². The lowest BCUT2D eigenvalue weighted by molar-refractivity contribution is 0.474. The number of para-hydroxylation sites is 2. The second-order valence-electron chi connectivity index (χ2n) is 4.22. The Morgan fingerprint density at radius 2 is 2.05 bits per heavy atom. The standard InChI is InChI=1S/C14H11BrN4O/c15-10-5-6-13(20)9(7-10)8-17-19-12-4-2-1-3-11(12)18-14(19)16/h1-8,20H,(H2,16,18). The summed E-state index contributed by atoms with van der Waals surface area (Å²) >= 11 is 3.35. The van der Waals surface area contributed by atoms with Crippen LogP contribution in [0.5, 0.6) is 5.75 Å². The van der Waals surface area contributed by atoms with Gasteiger partial charge in [0, 0.05) is 10.0 Å². The monoisotopic (exact) mass is 330 g/mol. The van der Waals surface area contributed by atoms with Crippen molar-refractivity contribution in [2.24, 2.45) is 5.10 Å². The van der Waals surface area contributed by atoms with Crippen molar-refractivity contribution in [2.45, 2.75) is 0 Å². The number of hydrogen-bond donors (Lipinski definition) is 2. The van der Waals surface area contributed by atoms with Gasteiger partial charge in [0.1, 0.15) is 5.75 Å². The molecule has 0 atom stereocenters. The van der Waals surface area contributed by atoms with Crippen molar-refractivity contribution in [1.82, 2.24) is 9.66 Å². The van der Waals surface area contributed by atoms with E-state index in [1.54, 1.807) is 24.4 Å². The van der Waals surface area contributed by atoms with Crippen LogP contribution in [0.25, 0.3) is 11.0 Å². The number of benzene rings is 2. The van der Waals surface area contributed by atoms with Gasteiger partial charge in [0.2, 0.25) is 5.95 Å². The van der Waals surface area contributed by atoms with Gasteiger partial charge in [-0.3, -0.25) is 0 Å². The quantitative estimate of drug-likeness (QED) is 0.709. The van der Waals surface area contributed by atoms with Crippen LogP contribution in [0.1, 0.15) is 5.56 Å². The molecular formula is C14H11BrN4O. The molecule has 3 N–H and O–H groups in total.